The molecule has 0 radical (unpaired) electrons. The van der Waals surface area contributed by atoms with Gasteiger partial charge in [-0.15, -0.1) is 5.10 Å². The summed E-state index contributed by atoms with van der Waals surface area (Å²) in [6, 6.07) is 14.8. The number of aliphatic hydroxyl groups is 1. The van der Waals surface area contributed by atoms with Crippen LogP contribution in [-0.2, 0) is 6.54 Å². The van der Waals surface area contributed by atoms with E-state index in [1.165, 1.54) is 12.1 Å². The van der Waals surface area contributed by atoms with Gasteiger partial charge in [-0.2, -0.15) is 4.68 Å². The minimum absolute atomic E-state index is 0.0361. The summed E-state index contributed by atoms with van der Waals surface area (Å²) >= 11 is 0. The molecule has 0 bridgehead atoms. The zero-order chi connectivity index (χ0) is 16.9. The lowest BCUT2D eigenvalue weighted by atomic mass is 10.2. The number of halogens is 1. The second-order valence-electron chi connectivity index (χ2n) is 5.12. The number of nitrogens with zero attached hydrogens (tertiary/aromatic N) is 2. The molecular weight excluding hydrogens is 315 g/mol. The van der Waals surface area contributed by atoms with E-state index in [-0.39, 0.29) is 24.8 Å². The fourth-order valence-corrected chi connectivity index (χ4v) is 2.12. The molecule has 0 fully saturated rings. The van der Waals surface area contributed by atoms with Crippen LogP contribution in [-0.4, -0.2) is 27.6 Å². The molecule has 0 aliphatic heterocycles. The van der Waals surface area contributed by atoms with Gasteiger partial charge in [0.05, 0.1) is 6.54 Å². The maximum absolute atomic E-state index is 13.4. The fraction of sp³-hybridized carbons (Fsp3) is 0.176. The van der Waals surface area contributed by atoms with Gasteiger partial charge < -0.3 is 14.3 Å². The molecule has 3 rings (SSSR count). The van der Waals surface area contributed by atoms with E-state index in [0.717, 1.165) is 4.68 Å². The molecule has 1 heterocycles. The van der Waals surface area contributed by atoms with Crippen molar-refractivity contribution in [1.82, 2.24) is 9.78 Å². The first-order valence-electron chi connectivity index (χ1n) is 7.32. The monoisotopic (exact) mass is 330 g/mol. The topological polar surface area (TPSA) is 77.5 Å². The van der Waals surface area contributed by atoms with Crippen LogP contribution >= 0.6 is 0 Å². The Balaban J connectivity index is 1.65. The van der Waals surface area contributed by atoms with E-state index in [9.17, 15) is 14.3 Å². The quantitative estimate of drug-likeness (QED) is 0.749. The van der Waals surface area contributed by atoms with Crippen LogP contribution in [0.3, 0.4) is 0 Å². The van der Waals surface area contributed by atoms with Gasteiger partial charge in [0, 0.05) is 5.56 Å². The Morgan fingerprint density at radius 3 is 2.62 bits per heavy atom. The average Bonchev–Trinajstić information content (AvgIpc) is 2.96. The van der Waals surface area contributed by atoms with Crippen LogP contribution in [0.25, 0.3) is 11.5 Å². The summed E-state index contributed by atoms with van der Waals surface area (Å²) in [5, 5.41) is 14.0. The number of ether oxygens (including phenoxy) is 1. The zero-order valence-corrected chi connectivity index (χ0v) is 12.6. The highest BCUT2D eigenvalue weighted by atomic mass is 19.1. The first kappa shape index (κ1) is 15.9. The molecule has 0 amide bonds. The minimum atomic E-state index is -1.05. The van der Waals surface area contributed by atoms with Gasteiger partial charge in [-0.05, 0) is 24.3 Å². The normalized spacial score (nSPS) is 12.1. The van der Waals surface area contributed by atoms with Crippen LogP contribution in [0.2, 0.25) is 0 Å². The summed E-state index contributed by atoms with van der Waals surface area (Å²) in [7, 11) is 0. The maximum Gasteiger partial charge on any atom is 0.437 e. The van der Waals surface area contributed by atoms with Gasteiger partial charge in [-0.3, -0.25) is 0 Å². The first-order chi connectivity index (χ1) is 11.6. The third-order valence-electron chi connectivity index (χ3n) is 3.28. The number of aromatic nitrogens is 2. The molecule has 1 N–H and O–H groups in total. The largest absolute Gasteiger partial charge is 0.488 e. The number of hydrogen-bond acceptors (Lipinski definition) is 5. The molecule has 6 nitrogen and oxygen atoms in total. The highest BCUT2D eigenvalue weighted by molar-refractivity contribution is 5.51. The lowest BCUT2D eigenvalue weighted by Gasteiger charge is -2.11. The van der Waals surface area contributed by atoms with E-state index in [0.29, 0.717) is 5.56 Å². The van der Waals surface area contributed by atoms with Gasteiger partial charge in [0.25, 0.3) is 0 Å². The van der Waals surface area contributed by atoms with Crippen molar-refractivity contribution in [2.75, 3.05) is 6.61 Å². The number of benzene rings is 2. The molecule has 0 saturated carbocycles. The Bertz CT molecular complexity index is 860. The van der Waals surface area contributed by atoms with E-state index < -0.39 is 17.7 Å². The Morgan fingerprint density at radius 2 is 1.88 bits per heavy atom. The van der Waals surface area contributed by atoms with Crippen LogP contribution in [0, 0.1) is 5.82 Å². The SMILES string of the molecule is O=c1oc(-c2ccccc2)nn1CC(O)COc1ccccc1F. The van der Waals surface area contributed by atoms with Gasteiger partial charge in [0.15, 0.2) is 11.6 Å². The maximum atomic E-state index is 13.4. The van der Waals surface area contributed by atoms with E-state index in [2.05, 4.69) is 5.10 Å². The van der Waals surface area contributed by atoms with Crippen molar-refractivity contribution in [3.05, 3.63) is 71.0 Å². The van der Waals surface area contributed by atoms with E-state index >= 15 is 0 Å². The van der Waals surface area contributed by atoms with Gasteiger partial charge in [0.1, 0.15) is 12.7 Å². The van der Waals surface area contributed by atoms with Crippen molar-refractivity contribution in [1.29, 1.82) is 0 Å². The molecule has 0 saturated heterocycles. The van der Waals surface area contributed by atoms with Crippen molar-refractivity contribution >= 4 is 0 Å². The standard InChI is InChI=1S/C17H15FN2O4/c18-14-8-4-5-9-15(14)23-11-13(21)10-20-17(22)24-16(19-20)12-6-2-1-3-7-12/h1-9,13,21H,10-11H2. The van der Waals surface area contributed by atoms with Crippen molar-refractivity contribution < 1.29 is 18.7 Å². The highest BCUT2D eigenvalue weighted by Gasteiger charge is 2.15. The molecular formula is C17H15FN2O4. The molecule has 1 atom stereocenters. The molecule has 0 aliphatic carbocycles. The Labute approximate surface area is 136 Å². The Hall–Kier alpha value is -2.93. The van der Waals surface area contributed by atoms with Gasteiger partial charge >= 0.3 is 5.76 Å². The predicted octanol–water partition coefficient (Wildman–Crippen LogP) is 2.08. The lowest BCUT2D eigenvalue weighted by Crippen LogP contribution is -2.29. The Kier molecular flexibility index (Phi) is 4.72. The number of rotatable bonds is 6. The third kappa shape index (κ3) is 3.69. The van der Waals surface area contributed by atoms with Crippen molar-refractivity contribution in [3.63, 3.8) is 0 Å². The van der Waals surface area contributed by atoms with Crippen molar-refractivity contribution in [2.45, 2.75) is 12.6 Å². The first-order valence-corrected chi connectivity index (χ1v) is 7.32. The molecule has 124 valence electrons. The smallest absolute Gasteiger partial charge is 0.437 e. The molecule has 24 heavy (non-hydrogen) atoms. The molecule has 1 aromatic heterocycles. The fourth-order valence-electron chi connectivity index (χ4n) is 2.12. The summed E-state index contributed by atoms with van der Waals surface area (Å²) in [4.78, 5) is 11.8. The molecule has 0 spiro atoms. The molecule has 0 aliphatic rings. The van der Waals surface area contributed by atoms with Gasteiger partial charge in [0.2, 0.25) is 5.89 Å². The average molecular weight is 330 g/mol. The third-order valence-corrected chi connectivity index (χ3v) is 3.28. The van der Waals surface area contributed by atoms with Crippen LogP contribution in [0.4, 0.5) is 4.39 Å². The predicted molar refractivity (Wildman–Crippen MR) is 84.1 cm³/mol. The second-order valence-corrected chi connectivity index (χ2v) is 5.12. The second kappa shape index (κ2) is 7.10. The number of para-hydroxylation sites is 1. The van der Waals surface area contributed by atoms with E-state index in [4.69, 9.17) is 9.15 Å². The van der Waals surface area contributed by atoms with Crippen LogP contribution < -0.4 is 10.5 Å². The van der Waals surface area contributed by atoms with Crippen LogP contribution in [0.15, 0.2) is 63.8 Å². The van der Waals surface area contributed by atoms with E-state index in [1.54, 1.807) is 36.4 Å². The lowest BCUT2D eigenvalue weighted by molar-refractivity contribution is 0.0856. The summed E-state index contributed by atoms with van der Waals surface area (Å²) in [5.74, 6) is -0.995. The highest BCUT2D eigenvalue weighted by Crippen LogP contribution is 2.16. The molecule has 1 unspecified atom stereocenters. The summed E-state index contributed by atoms with van der Waals surface area (Å²) in [6.45, 7) is -0.301. The summed E-state index contributed by atoms with van der Waals surface area (Å²) < 4.78 is 24.7. The van der Waals surface area contributed by atoms with Crippen LogP contribution in [0.1, 0.15) is 0 Å². The summed E-state index contributed by atoms with van der Waals surface area (Å²) in [5.41, 5.74) is 0.658. The molecule has 3 aromatic rings. The van der Waals surface area contributed by atoms with Crippen molar-refractivity contribution in [2.24, 2.45) is 0 Å². The van der Waals surface area contributed by atoms with E-state index in [1.807, 2.05) is 6.07 Å². The van der Waals surface area contributed by atoms with Crippen LogP contribution in [0.5, 0.6) is 5.75 Å². The molecule has 2 aromatic carbocycles. The Morgan fingerprint density at radius 1 is 1.17 bits per heavy atom. The minimum Gasteiger partial charge on any atom is -0.488 e. The van der Waals surface area contributed by atoms with Crippen molar-refractivity contribution in [3.8, 4) is 17.2 Å². The number of aliphatic hydroxyl groups excluding tert-OH is 1. The zero-order valence-electron chi connectivity index (χ0n) is 12.6. The summed E-state index contributed by atoms with van der Waals surface area (Å²) in [6.07, 6.45) is -1.05. The number of hydrogen-bond donors (Lipinski definition) is 1. The van der Waals surface area contributed by atoms with Gasteiger partial charge in [-0.1, -0.05) is 30.3 Å². The van der Waals surface area contributed by atoms with Gasteiger partial charge in [-0.25, -0.2) is 9.18 Å². The molecule has 7 heteroatoms.